The molecule has 1 aliphatic rings. The Balaban J connectivity index is 2.01. The van der Waals surface area contributed by atoms with Gasteiger partial charge in [-0.15, -0.1) is 11.3 Å². The van der Waals surface area contributed by atoms with Crippen molar-refractivity contribution in [1.82, 2.24) is 9.29 Å². The number of aliphatic hydroxyl groups excluding tert-OH is 1. The van der Waals surface area contributed by atoms with Crippen molar-refractivity contribution in [2.75, 3.05) is 19.3 Å². The molecule has 0 bridgehead atoms. The Bertz CT molecular complexity index is 568. The summed E-state index contributed by atoms with van der Waals surface area (Å²) in [5.41, 5.74) is 0.885. The lowest BCUT2D eigenvalue weighted by Gasteiger charge is -2.31. The predicted molar refractivity (Wildman–Crippen MR) is 80.3 cm³/mol. The number of sulfonamides is 1. The van der Waals surface area contributed by atoms with E-state index in [1.807, 2.05) is 13.8 Å². The van der Waals surface area contributed by atoms with Crippen molar-refractivity contribution in [3.8, 4) is 0 Å². The zero-order valence-electron chi connectivity index (χ0n) is 12.2. The van der Waals surface area contributed by atoms with Crippen LogP contribution >= 0.6 is 11.3 Å². The van der Waals surface area contributed by atoms with Crippen molar-refractivity contribution in [1.29, 1.82) is 0 Å². The Morgan fingerprint density at radius 1 is 1.50 bits per heavy atom. The number of aryl methyl sites for hydroxylation is 2. The zero-order chi connectivity index (χ0) is 14.9. The van der Waals surface area contributed by atoms with Crippen LogP contribution < -0.4 is 0 Å². The topological polar surface area (TPSA) is 70.5 Å². The minimum absolute atomic E-state index is 0.218. The van der Waals surface area contributed by atoms with Crippen molar-refractivity contribution in [2.45, 2.75) is 39.2 Å². The standard InChI is InChI=1S/C13H22N2O3S2/c1-9-13(19-10(2)14-9)12(16)7-11-5-4-6-15(8-11)20(3,17)18/h11-12,16H,4-8H2,1-3H3. The summed E-state index contributed by atoms with van der Waals surface area (Å²) in [7, 11) is -3.12. The lowest BCUT2D eigenvalue weighted by atomic mass is 9.93. The van der Waals surface area contributed by atoms with Crippen LogP contribution in [0.2, 0.25) is 0 Å². The van der Waals surface area contributed by atoms with Crippen molar-refractivity contribution in [3.05, 3.63) is 15.6 Å². The Hall–Kier alpha value is -0.500. The summed E-state index contributed by atoms with van der Waals surface area (Å²) in [4.78, 5) is 5.25. The maximum absolute atomic E-state index is 11.6. The van der Waals surface area contributed by atoms with Gasteiger partial charge in [-0.2, -0.15) is 0 Å². The summed E-state index contributed by atoms with van der Waals surface area (Å²) in [6, 6.07) is 0. The third kappa shape index (κ3) is 3.78. The van der Waals surface area contributed by atoms with Crippen LogP contribution in [0.15, 0.2) is 0 Å². The van der Waals surface area contributed by atoms with Gasteiger partial charge < -0.3 is 5.11 Å². The van der Waals surface area contributed by atoms with Gasteiger partial charge in [-0.05, 0) is 39.0 Å². The van der Waals surface area contributed by atoms with Crippen molar-refractivity contribution in [2.24, 2.45) is 5.92 Å². The van der Waals surface area contributed by atoms with Crippen LogP contribution in [0.4, 0.5) is 0 Å². The van der Waals surface area contributed by atoms with E-state index in [-0.39, 0.29) is 5.92 Å². The number of nitrogens with zero attached hydrogens (tertiary/aromatic N) is 2. The van der Waals surface area contributed by atoms with Gasteiger partial charge in [-0.1, -0.05) is 0 Å². The van der Waals surface area contributed by atoms with E-state index in [0.29, 0.717) is 19.5 Å². The van der Waals surface area contributed by atoms with E-state index in [1.165, 1.54) is 21.9 Å². The minimum atomic E-state index is -3.12. The van der Waals surface area contributed by atoms with Crippen molar-refractivity contribution < 1.29 is 13.5 Å². The monoisotopic (exact) mass is 318 g/mol. The number of thiazole rings is 1. The van der Waals surface area contributed by atoms with Gasteiger partial charge >= 0.3 is 0 Å². The van der Waals surface area contributed by atoms with Gasteiger partial charge in [-0.25, -0.2) is 17.7 Å². The molecule has 2 heterocycles. The normalized spacial score (nSPS) is 22.9. The number of piperidine rings is 1. The predicted octanol–water partition coefficient (Wildman–Crippen LogP) is 1.86. The fraction of sp³-hybridized carbons (Fsp3) is 0.769. The van der Waals surface area contributed by atoms with Gasteiger partial charge in [0.15, 0.2) is 0 Å². The molecule has 0 amide bonds. The van der Waals surface area contributed by atoms with Crippen LogP contribution in [0.3, 0.4) is 0 Å². The molecule has 2 unspecified atom stereocenters. The molecule has 1 N–H and O–H groups in total. The van der Waals surface area contributed by atoms with Gasteiger partial charge in [0.1, 0.15) is 0 Å². The molecule has 1 fully saturated rings. The van der Waals surface area contributed by atoms with Crippen LogP contribution in [0.1, 0.15) is 40.9 Å². The molecule has 1 aromatic heterocycles. The second-order valence-corrected chi connectivity index (χ2v) is 8.78. The first kappa shape index (κ1) is 15.9. The zero-order valence-corrected chi connectivity index (χ0v) is 13.8. The molecule has 1 aliphatic heterocycles. The third-order valence-corrected chi connectivity index (χ3v) is 6.19. The van der Waals surface area contributed by atoms with E-state index < -0.39 is 16.1 Å². The SMILES string of the molecule is Cc1nc(C)c(C(O)CC2CCCN(S(C)(=O)=O)C2)s1. The van der Waals surface area contributed by atoms with Crippen molar-refractivity contribution in [3.63, 3.8) is 0 Å². The molecule has 20 heavy (non-hydrogen) atoms. The number of aromatic nitrogens is 1. The Morgan fingerprint density at radius 3 is 2.75 bits per heavy atom. The lowest BCUT2D eigenvalue weighted by molar-refractivity contribution is 0.125. The summed E-state index contributed by atoms with van der Waals surface area (Å²) in [6.45, 7) is 4.96. The van der Waals surface area contributed by atoms with Crippen LogP contribution in [0.25, 0.3) is 0 Å². The Morgan fingerprint density at radius 2 is 2.20 bits per heavy atom. The van der Waals surface area contributed by atoms with E-state index in [1.54, 1.807) is 0 Å². The highest BCUT2D eigenvalue weighted by Crippen LogP contribution is 2.32. The fourth-order valence-electron chi connectivity index (χ4n) is 2.80. The molecule has 1 aromatic rings. The van der Waals surface area contributed by atoms with Gasteiger partial charge in [0, 0.05) is 13.1 Å². The number of aliphatic hydroxyl groups is 1. The summed E-state index contributed by atoms with van der Waals surface area (Å²) in [5, 5.41) is 11.3. The highest BCUT2D eigenvalue weighted by Gasteiger charge is 2.28. The largest absolute Gasteiger partial charge is 0.387 e. The molecule has 5 nitrogen and oxygen atoms in total. The maximum atomic E-state index is 11.6. The quantitative estimate of drug-likeness (QED) is 0.920. The molecule has 2 atom stereocenters. The highest BCUT2D eigenvalue weighted by atomic mass is 32.2. The van der Waals surface area contributed by atoms with Crippen LogP contribution in [0.5, 0.6) is 0 Å². The van der Waals surface area contributed by atoms with E-state index in [4.69, 9.17) is 0 Å². The molecule has 7 heteroatoms. The van der Waals surface area contributed by atoms with Gasteiger partial charge in [0.2, 0.25) is 10.0 Å². The molecule has 114 valence electrons. The number of rotatable bonds is 4. The van der Waals surface area contributed by atoms with Gasteiger partial charge in [0.25, 0.3) is 0 Å². The average Bonchev–Trinajstić information content (AvgIpc) is 2.68. The number of hydrogen-bond donors (Lipinski definition) is 1. The fourth-order valence-corrected chi connectivity index (χ4v) is 4.67. The molecule has 1 saturated heterocycles. The summed E-state index contributed by atoms with van der Waals surface area (Å²) in [5.74, 6) is 0.218. The Labute approximate surface area is 124 Å². The van der Waals surface area contributed by atoms with E-state index in [0.717, 1.165) is 28.4 Å². The summed E-state index contributed by atoms with van der Waals surface area (Å²) >= 11 is 1.52. The van der Waals surface area contributed by atoms with Crippen LogP contribution in [0, 0.1) is 19.8 Å². The molecular formula is C13H22N2O3S2. The van der Waals surface area contributed by atoms with E-state index >= 15 is 0 Å². The van der Waals surface area contributed by atoms with Gasteiger partial charge in [-0.3, -0.25) is 0 Å². The highest BCUT2D eigenvalue weighted by molar-refractivity contribution is 7.88. The lowest BCUT2D eigenvalue weighted by Crippen LogP contribution is -2.39. The van der Waals surface area contributed by atoms with E-state index in [2.05, 4.69) is 4.98 Å². The molecule has 0 aliphatic carbocycles. The summed E-state index contributed by atoms with van der Waals surface area (Å²) < 4.78 is 24.7. The molecule has 0 spiro atoms. The smallest absolute Gasteiger partial charge is 0.211 e. The first-order valence-corrected chi connectivity index (χ1v) is 9.51. The molecule has 0 radical (unpaired) electrons. The molecule has 2 rings (SSSR count). The molecule has 0 saturated carbocycles. The summed E-state index contributed by atoms with van der Waals surface area (Å²) in [6.07, 6.45) is 3.16. The number of hydrogen-bond acceptors (Lipinski definition) is 5. The van der Waals surface area contributed by atoms with Crippen molar-refractivity contribution >= 4 is 21.4 Å². The first-order chi connectivity index (χ1) is 9.27. The average molecular weight is 318 g/mol. The van der Waals surface area contributed by atoms with Crippen LogP contribution in [-0.2, 0) is 10.0 Å². The molecular weight excluding hydrogens is 296 g/mol. The second kappa shape index (κ2) is 6.09. The first-order valence-electron chi connectivity index (χ1n) is 6.84. The van der Waals surface area contributed by atoms with Crippen LogP contribution in [-0.4, -0.2) is 42.2 Å². The molecule has 0 aromatic carbocycles. The van der Waals surface area contributed by atoms with Gasteiger partial charge in [0.05, 0.1) is 27.9 Å². The second-order valence-electron chi connectivity index (χ2n) is 5.56. The van der Waals surface area contributed by atoms with E-state index in [9.17, 15) is 13.5 Å². The maximum Gasteiger partial charge on any atom is 0.211 e. The Kier molecular flexibility index (Phi) is 4.84. The minimum Gasteiger partial charge on any atom is -0.387 e. The third-order valence-electron chi connectivity index (χ3n) is 3.75.